The Morgan fingerprint density at radius 2 is 1.77 bits per heavy atom. The maximum atomic E-state index is 11.8. The lowest BCUT2D eigenvalue weighted by Gasteiger charge is -2.34. The minimum atomic E-state index is -0.0349. The molecule has 1 aromatic carbocycles. The lowest BCUT2D eigenvalue weighted by atomic mass is 9.91. The number of nitrogens with one attached hydrogen (secondary N) is 2. The third kappa shape index (κ3) is 4.60. The molecule has 1 saturated carbocycles. The molecule has 0 radical (unpaired) electrons. The third-order valence-corrected chi connectivity index (χ3v) is 6.69. The van der Waals surface area contributed by atoms with Crippen molar-refractivity contribution in [2.45, 2.75) is 62.8 Å². The van der Waals surface area contributed by atoms with Crippen molar-refractivity contribution in [1.29, 1.82) is 0 Å². The molecule has 8 nitrogen and oxygen atoms in total. The number of anilines is 2. The van der Waals surface area contributed by atoms with Crippen LogP contribution in [-0.2, 0) is 14.3 Å². The summed E-state index contributed by atoms with van der Waals surface area (Å²) in [5.74, 6) is -0.0349. The number of carbonyl (C=O) groups is 1. The molecule has 1 amide bonds. The zero-order chi connectivity index (χ0) is 21.2. The van der Waals surface area contributed by atoms with Crippen LogP contribution in [0.15, 0.2) is 24.5 Å². The Kier molecular flexibility index (Phi) is 5.91. The van der Waals surface area contributed by atoms with E-state index in [1.807, 2.05) is 0 Å². The maximum absolute atomic E-state index is 11.8. The summed E-state index contributed by atoms with van der Waals surface area (Å²) in [6, 6.07) is 4.97. The first-order valence-electron chi connectivity index (χ1n) is 11.4. The fraction of sp³-hybridized carbons (Fsp3) is 0.609. The number of methoxy groups -OCH3 is 1. The SMILES string of the molecule is COCC(=O)NC1CCC(Nc2cc(N3CC4CCC(C3)O4)cc3nccnc23)CC1. The second kappa shape index (κ2) is 8.96. The third-order valence-electron chi connectivity index (χ3n) is 6.69. The average Bonchev–Trinajstić information content (AvgIpc) is 3.12. The lowest BCUT2D eigenvalue weighted by molar-refractivity contribution is -0.125. The molecule has 2 aliphatic heterocycles. The summed E-state index contributed by atoms with van der Waals surface area (Å²) in [5.41, 5.74) is 4.07. The molecule has 3 heterocycles. The molecule has 2 unspecified atom stereocenters. The second-order valence-electron chi connectivity index (χ2n) is 8.97. The molecule has 2 bridgehead atoms. The average molecular weight is 426 g/mol. The number of fused-ring (bicyclic) bond motifs is 3. The van der Waals surface area contributed by atoms with Gasteiger partial charge in [-0.1, -0.05) is 0 Å². The van der Waals surface area contributed by atoms with Gasteiger partial charge in [-0.05, 0) is 50.7 Å². The fourth-order valence-corrected chi connectivity index (χ4v) is 5.18. The Morgan fingerprint density at radius 1 is 1.06 bits per heavy atom. The lowest BCUT2D eigenvalue weighted by Crippen LogP contribution is -2.42. The van der Waals surface area contributed by atoms with E-state index in [0.717, 1.165) is 68.3 Å². The van der Waals surface area contributed by atoms with E-state index < -0.39 is 0 Å². The smallest absolute Gasteiger partial charge is 0.246 e. The van der Waals surface area contributed by atoms with Crippen molar-refractivity contribution >= 4 is 28.3 Å². The first kappa shape index (κ1) is 20.5. The Bertz CT molecular complexity index is 919. The molecule has 3 aliphatic rings. The van der Waals surface area contributed by atoms with Crippen molar-refractivity contribution in [2.75, 3.05) is 37.0 Å². The van der Waals surface area contributed by atoms with Crippen LogP contribution >= 0.6 is 0 Å². The van der Waals surface area contributed by atoms with E-state index >= 15 is 0 Å². The van der Waals surface area contributed by atoms with Crippen molar-refractivity contribution in [3.05, 3.63) is 24.5 Å². The van der Waals surface area contributed by atoms with Gasteiger partial charge in [0.2, 0.25) is 5.91 Å². The number of hydrogen-bond donors (Lipinski definition) is 2. The minimum absolute atomic E-state index is 0.0349. The van der Waals surface area contributed by atoms with Crippen LogP contribution < -0.4 is 15.5 Å². The van der Waals surface area contributed by atoms with Crippen LogP contribution in [0, 0.1) is 0 Å². The number of ether oxygens (including phenoxy) is 2. The fourth-order valence-electron chi connectivity index (χ4n) is 5.18. The number of carbonyl (C=O) groups excluding carboxylic acids is 1. The molecule has 3 fully saturated rings. The number of benzene rings is 1. The summed E-state index contributed by atoms with van der Waals surface area (Å²) in [4.78, 5) is 23.4. The molecular weight excluding hydrogens is 394 g/mol. The van der Waals surface area contributed by atoms with Gasteiger partial charge in [-0.25, -0.2) is 0 Å². The molecule has 2 saturated heterocycles. The van der Waals surface area contributed by atoms with Gasteiger partial charge in [0.05, 0.1) is 23.4 Å². The van der Waals surface area contributed by atoms with E-state index in [9.17, 15) is 4.79 Å². The Balaban J connectivity index is 1.30. The highest BCUT2D eigenvalue weighted by Gasteiger charge is 2.34. The van der Waals surface area contributed by atoms with Crippen LogP contribution in [0.25, 0.3) is 11.0 Å². The van der Waals surface area contributed by atoms with Crippen molar-refractivity contribution < 1.29 is 14.3 Å². The molecule has 1 aromatic heterocycles. The number of hydrogen-bond acceptors (Lipinski definition) is 7. The van der Waals surface area contributed by atoms with E-state index in [1.165, 1.54) is 5.69 Å². The molecule has 2 atom stereocenters. The van der Waals surface area contributed by atoms with Crippen molar-refractivity contribution in [2.24, 2.45) is 0 Å². The molecular formula is C23H31N5O3. The summed E-state index contributed by atoms with van der Waals surface area (Å²) in [7, 11) is 1.55. The van der Waals surface area contributed by atoms with Gasteiger partial charge in [0.25, 0.3) is 0 Å². The molecule has 5 rings (SSSR count). The summed E-state index contributed by atoms with van der Waals surface area (Å²) in [6.45, 7) is 2.00. The Labute approximate surface area is 182 Å². The van der Waals surface area contributed by atoms with Crippen LogP contribution in [0.5, 0.6) is 0 Å². The van der Waals surface area contributed by atoms with E-state index in [-0.39, 0.29) is 18.6 Å². The number of amides is 1. The van der Waals surface area contributed by atoms with Gasteiger partial charge < -0.3 is 25.0 Å². The highest BCUT2D eigenvalue weighted by molar-refractivity contribution is 5.91. The number of morpholine rings is 1. The summed E-state index contributed by atoms with van der Waals surface area (Å²) in [6.07, 6.45) is 10.4. The van der Waals surface area contributed by atoms with Gasteiger partial charge in [-0.2, -0.15) is 0 Å². The molecule has 1 aliphatic carbocycles. The van der Waals surface area contributed by atoms with Crippen LogP contribution in [0.3, 0.4) is 0 Å². The van der Waals surface area contributed by atoms with Crippen LogP contribution in [0.4, 0.5) is 11.4 Å². The van der Waals surface area contributed by atoms with Crippen LogP contribution in [0.2, 0.25) is 0 Å². The molecule has 8 heteroatoms. The quantitative estimate of drug-likeness (QED) is 0.735. The molecule has 166 valence electrons. The Morgan fingerprint density at radius 3 is 2.52 bits per heavy atom. The molecule has 0 spiro atoms. The molecule has 2 N–H and O–H groups in total. The monoisotopic (exact) mass is 425 g/mol. The number of nitrogens with zero attached hydrogens (tertiary/aromatic N) is 3. The van der Waals surface area contributed by atoms with Gasteiger partial charge in [0.1, 0.15) is 12.1 Å². The van der Waals surface area contributed by atoms with Gasteiger partial charge in [-0.3, -0.25) is 14.8 Å². The van der Waals surface area contributed by atoms with Crippen LogP contribution in [-0.4, -0.2) is 67.0 Å². The summed E-state index contributed by atoms with van der Waals surface area (Å²) in [5, 5.41) is 6.81. The Hall–Kier alpha value is -2.45. The van der Waals surface area contributed by atoms with E-state index in [0.29, 0.717) is 18.2 Å². The topological polar surface area (TPSA) is 88.6 Å². The maximum Gasteiger partial charge on any atom is 0.246 e. The van der Waals surface area contributed by atoms with Gasteiger partial charge >= 0.3 is 0 Å². The summed E-state index contributed by atoms with van der Waals surface area (Å²) >= 11 is 0. The van der Waals surface area contributed by atoms with Crippen molar-refractivity contribution in [3.63, 3.8) is 0 Å². The van der Waals surface area contributed by atoms with Crippen LogP contribution in [0.1, 0.15) is 38.5 Å². The van der Waals surface area contributed by atoms with Gasteiger partial charge in [-0.15, -0.1) is 0 Å². The van der Waals surface area contributed by atoms with E-state index in [4.69, 9.17) is 9.47 Å². The largest absolute Gasteiger partial charge is 0.380 e. The first-order chi connectivity index (χ1) is 15.2. The highest BCUT2D eigenvalue weighted by atomic mass is 16.5. The zero-order valence-corrected chi connectivity index (χ0v) is 18.0. The van der Waals surface area contributed by atoms with E-state index in [2.05, 4.69) is 37.6 Å². The first-order valence-corrected chi connectivity index (χ1v) is 11.4. The number of rotatable bonds is 6. The molecule has 2 aromatic rings. The number of aromatic nitrogens is 2. The predicted molar refractivity (Wildman–Crippen MR) is 119 cm³/mol. The normalized spacial score (nSPS) is 28.0. The van der Waals surface area contributed by atoms with Crippen molar-refractivity contribution in [1.82, 2.24) is 15.3 Å². The highest BCUT2D eigenvalue weighted by Crippen LogP contribution is 2.34. The standard InChI is InChI=1S/C23H31N5O3/c1-30-14-22(29)27-16-4-2-15(3-5-16)26-21-11-17(10-20-23(21)25-9-8-24-20)28-12-18-6-7-19(13-28)31-18/h8-11,15-16,18-19,26H,2-7,12-14H2,1H3,(H,27,29). The van der Waals surface area contributed by atoms with E-state index in [1.54, 1.807) is 19.5 Å². The zero-order valence-electron chi connectivity index (χ0n) is 18.0. The summed E-state index contributed by atoms with van der Waals surface area (Å²) < 4.78 is 10.9. The predicted octanol–water partition coefficient (Wildman–Crippen LogP) is 2.48. The minimum Gasteiger partial charge on any atom is -0.380 e. The van der Waals surface area contributed by atoms with Crippen molar-refractivity contribution in [3.8, 4) is 0 Å². The van der Waals surface area contributed by atoms with Gasteiger partial charge in [0.15, 0.2) is 0 Å². The second-order valence-corrected chi connectivity index (χ2v) is 8.97. The molecule has 31 heavy (non-hydrogen) atoms. The van der Waals surface area contributed by atoms with Gasteiger partial charge in [0, 0.05) is 50.4 Å².